The molecule has 4 amide bonds. The van der Waals surface area contributed by atoms with E-state index in [2.05, 4.69) is 108 Å². The van der Waals surface area contributed by atoms with Gasteiger partial charge in [0.05, 0.1) is 125 Å². The van der Waals surface area contributed by atoms with Gasteiger partial charge >= 0.3 is 0 Å². The Bertz CT molecular complexity index is 7020. The molecule has 0 saturated carbocycles. The zero-order valence-corrected chi connectivity index (χ0v) is 85.0. The Hall–Kier alpha value is -11.7. The van der Waals surface area contributed by atoms with Crippen LogP contribution in [0.15, 0.2) is 151 Å². The SMILES string of the molecule is C[C@H]1CCN(c2ccc3nc([C@@H]4CCCCN4C(=O)c4cc(Cl)ccc4NS(C)(=O)=O)cn3n2)C1.C[C@H]1CN(c2ccc3nc([C@@H]4CCCCN4C(=O)c4cc(Cl)ccc4NS(C)(=O)=O)cn3n2)C[C@H]1C#N.Cc1cc2nc([C@@H]3CCCCN3C(=O)C(NS(C)(=O)=O)c3ccccc3Br)cn2nc1N1CC[C@H](C)C1.Cc1cccc(C(=O)N2CCCC[C@H]2c2cn3nc(N4CC[C@H](C)C4)ccc3n2)n1. The summed E-state index contributed by atoms with van der Waals surface area (Å²) in [5.41, 5.74) is 10.0. The summed E-state index contributed by atoms with van der Waals surface area (Å²) < 4.78 is 87.3. The number of piperidine rings is 4. The minimum absolute atomic E-state index is 0.0137. The number of anilines is 6. The number of likely N-dealkylation sites (tertiary alicyclic amines) is 4. The van der Waals surface area contributed by atoms with Gasteiger partial charge in [0.25, 0.3) is 17.7 Å². The lowest BCUT2D eigenvalue weighted by Crippen LogP contribution is -2.46. The number of nitrogens with one attached hydrogen (secondary N) is 3. The third-order valence-corrected chi connectivity index (χ3v) is 30.3. The van der Waals surface area contributed by atoms with E-state index in [0.29, 0.717) is 75.4 Å². The van der Waals surface area contributed by atoms with Crippen LogP contribution in [-0.2, 0) is 34.9 Å². The molecule has 3 N–H and O–H groups in total. The minimum atomic E-state index is -3.65. The van der Waals surface area contributed by atoms with Gasteiger partial charge in [-0.05, 0) is 242 Å². The van der Waals surface area contributed by atoms with Crippen molar-refractivity contribution in [2.24, 2.45) is 29.6 Å². The molecule has 0 radical (unpaired) electrons. The van der Waals surface area contributed by atoms with E-state index in [4.69, 9.17) is 63.5 Å². The van der Waals surface area contributed by atoms with Gasteiger partial charge in [-0.2, -0.15) is 9.98 Å². The fourth-order valence-corrected chi connectivity index (χ4v) is 22.9. The number of carbonyl (C=O) groups excluding carboxylic acids is 4. The van der Waals surface area contributed by atoms with Crippen LogP contribution in [0.2, 0.25) is 10.0 Å². The van der Waals surface area contributed by atoms with Crippen molar-refractivity contribution in [2.45, 2.75) is 168 Å². The van der Waals surface area contributed by atoms with E-state index in [1.54, 1.807) is 54.1 Å². The maximum atomic E-state index is 14.0. The number of hydrogen-bond donors (Lipinski definition) is 3. The molecule has 0 aliphatic carbocycles. The molecule has 8 aliphatic rings. The molecule has 139 heavy (non-hydrogen) atoms. The number of aryl methyl sites for hydroxylation is 2. The van der Waals surface area contributed by atoms with E-state index in [1.807, 2.05) is 100 Å². The summed E-state index contributed by atoms with van der Waals surface area (Å²) in [4.78, 5) is 94.6. The first-order valence-electron chi connectivity index (χ1n) is 47.8. The van der Waals surface area contributed by atoms with Gasteiger partial charge in [0.2, 0.25) is 36.0 Å². The molecule has 9 aromatic heterocycles. The number of carbonyl (C=O) groups is 4. The van der Waals surface area contributed by atoms with Crippen LogP contribution >= 0.6 is 39.1 Å². The van der Waals surface area contributed by atoms with Crippen LogP contribution in [0.25, 0.3) is 22.6 Å². The Kier molecular flexibility index (Phi) is 29.9. The van der Waals surface area contributed by atoms with Crippen LogP contribution in [0.1, 0.15) is 225 Å². The Morgan fingerprint density at radius 2 is 0.849 bits per heavy atom. The summed E-state index contributed by atoms with van der Waals surface area (Å²) in [7, 11) is -10.8. The maximum absolute atomic E-state index is 14.0. The normalized spacial score (nSPS) is 21.7. The molecule has 0 bridgehead atoms. The highest BCUT2D eigenvalue weighted by Crippen LogP contribution is 2.42. The molecular formula is C98H118BrCl2N25O10S3. The molecule has 8 fully saturated rings. The first kappa shape index (κ1) is 98.9. The van der Waals surface area contributed by atoms with Gasteiger partial charge in [0.1, 0.15) is 29.2 Å². The number of aromatic nitrogens is 13. The standard InChI is InChI=1S/C26H33BrN6O3S.C25H28ClN7O3S.C24H29ClN6O3S.C23H28N6O/c1-17-11-13-31(15-17)25-18(2)14-23-28-21(16-33(23)29-25)22-10-6-7-12-32(22)26(34)24(30-37(3,35)36)19-8-4-5-9-20(19)27;1-16-13-31(14-17(16)12-27)24-9-8-23-28-21(15-33(23)29-24)22-5-3-4-10-32(22)25(34)19-11-18(26)6-7-20(19)30-37(2,35)36;1-16-10-12-29(14-16)23-9-8-22-26-20(15-31(22)27-23)21-5-3-4-11-30(21)24(32)18-13-17(25)6-7-19(18)28-35(2,33)34;1-16-11-13-27(14-16)22-10-9-21-25-19(15-29(21)26-22)20-8-3-4-12-28(20)23(30)18-7-5-6-17(2)24-18/h4-5,8-9,14,16-17,22,24,30H,6-7,10-13,15H2,1-3H3;6-9,11,15-17,22,30H,3-5,10,13-14H2,1-2H3;6-9,13,15-16,21,28H,3-5,10-12,14H2,1-2H3;5-7,9-10,15-16,20H,3-4,8,11-14H2,1-2H3/t17-,22-,24?;16-,17+,22-;16-,21-;16-,20-/m0000/s1. The number of hydrogen-bond acceptors (Lipinski definition) is 24. The summed E-state index contributed by atoms with van der Waals surface area (Å²) in [6.45, 7) is 22.7. The van der Waals surface area contributed by atoms with Crippen LogP contribution in [0.5, 0.6) is 0 Å². The van der Waals surface area contributed by atoms with Crippen molar-refractivity contribution in [3.8, 4) is 6.07 Å². The second-order valence-electron chi connectivity index (χ2n) is 38.4. The minimum Gasteiger partial charge on any atom is -0.355 e. The van der Waals surface area contributed by atoms with E-state index in [1.165, 1.54) is 30.7 Å². The van der Waals surface area contributed by atoms with E-state index in [9.17, 15) is 49.7 Å². The first-order valence-corrected chi connectivity index (χ1v) is 55.0. The summed E-state index contributed by atoms with van der Waals surface area (Å²) in [5.74, 6) is 5.07. The number of nitriles is 1. The lowest BCUT2D eigenvalue weighted by atomic mass is 9.97. The van der Waals surface area contributed by atoms with Crippen LogP contribution in [-0.4, -0.2) is 229 Å². The highest BCUT2D eigenvalue weighted by molar-refractivity contribution is 9.10. The van der Waals surface area contributed by atoms with Crippen molar-refractivity contribution in [1.29, 1.82) is 5.26 Å². The fraction of sp³-hybridized carbons (Fsp3) is 0.469. The summed E-state index contributed by atoms with van der Waals surface area (Å²) in [6.07, 6.45) is 25.1. The average molecular weight is 2050 g/mol. The smallest absolute Gasteiger partial charge is 0.273 e. The molecule has 20 rings (SSSR count). The fourth-order valence-electron chi connectivity index (χ4n) is 20.3. The van der Waals surface area contributed by atoms with Crippen molar-refractivity contribution in [3.05, 3.63) is 217 Å². The molecule has 1 unspecified atom stereocenters. The lowest BCUT2D eigenvalue weighted by molar-refractivity contribution is -0.137. The largest absolute Gasteiger partial charge is 0.355 e. The average Bonchev–Trinajstić information content (AvgIpc) is 1.66. The lowest BCUT2D eigenvalue weighted by Gasteiger charge is -2.37. The Morgan fingerprint density at radius 1 is 0.432 bits per heavy atom. The van der Waals surface area contributed by atoms with Crippen LogP contribution in [0.3, 0.4) is 0 Å². The van der Waals surface area contributed by atoms with Crippen molar-refractivity contribution < 1.29 is 44.4 Å². The van der Waals surface area contributed by atoms with E-state index < -0.39 is 36.1 Å². The van der Waals surface area contributed by atoms with E-state index in [-0.39, 0.29) is 82.1 Å². The quantitative estimate of drug-likeness (QED) is 0.0677. The molecule has 0 spiro atoms. The van der Waals surface area contributed by atoms with Gasteiger partial charge in [-0.25, -0.2) is 68.2 Å². The molecule has 17 heterocycles. The maximum Gasteiger partial charge on any atom is 0.273 e. The molecule has 12 aromatic rings. The predicted molar refractivity (Wildman–Crippen MR) is 540 cm³/mol. The predicted octanol–water partition coefficient (Wildman–Crippen LogP) is 15.3. The van der Waals surface area contributed by atoms with Crippen molar-refractivity contribution >= 4 is 150 Å². The third kappa shape index (κ3) is 23.2. The number of pyridine rings is 1. The number of imidazole rings is 4. The highest BCUT2D eigenvalue weighted by Gasteiger charge is 2.41. The van der Waals surface area contributed by atoms with Crippen LogP contribution < -0.4 is 33.8 Å². The first-order chi connectivity index (χ1) is 66.5. The molecule has 3 aromatic carbocycles. The van der Waals surface area contributed by atoms with Crippen molar-refractivity contribution in [3.63, 3.8) is 0 Å². The van der Waals surface area contributed by atoms with Gasteiger partial charge in [0, 0.05) is 98.7 Å². The van der Waals surface area contributed by atoms with Crippen LogP contribution in [0.4, 0.5) is 34.6 Å². The molecule has 35 nitrogen and oxygen atoms in total. The Balaban J connectivity index is 0.000000128. The summed E-state index contributed by atoms with van der Waals surface area (Å²) in [6, 6.07) is 36.4. The highest BCUT2D eigenvalue weighted by atomic mass is 79.9. The van der Waals surface area contributed by atoms with Gasteiger partial charge in [-0.1, -0.05) is 91.1 Å². The second-order valence-corrected chi connectivity index (χ2v) is 45.5. The van der Waals surface area contributed by atoms with Gasteiger partial charge in [-0.15, -0.1) is 20.4 Å². The monoisotopic (exact) mass is 2050 g/mol. The number of benzene rings is 3. The number of sulfonamides is 3. The number of nitrogens with zero attached hydrogens (tertiary/aromatic N) is 22. The number of halogens is 3. The van der Waals surface area contributed by atoms with Crippen LogP contribution in [0, 0.1) is 54.8 Å². The second kappa shape index (κ2) is 42.0. The number of rotatable bonds is 19. The topological polar surface area (TPSA) is 390 Å². The van der Waals surface area contributed by atoms with Gasteiger partial charge in [0.15, 0.2) is 28.4 Å². The number of fused-ring (bicyclic) bond motifs is 4. The molecule has 10 atom stereocenters. The molecule has 8 aliphatic heterocycles. The molecular weight excluding hydrogens is 1930 g/mol. The molecule has 734 valence electrons. The molecule has 8 saturated heterocycles. The zero-order chi connectivity index (χ0) is 98.0. The van der Waals surface area contributed by atoms with Crippen molar-refractivity contribution in [2.75, 3.05) is 126 Å². The summed E-state index contributed by atoms with van der Waals surface area (Å²) >= 11 is 15.9. The van der Waals surface area contributed by atoms with Gasteiger partial charge < -0.3 is 39.2 Å². The summed E-state index contributed by atoms with van der Waals surface area (Å²) in [5, 5.41) is 29.3. The van der Waals surface area contributed by atoms with E-state index in [0.717, 1.165) is 235 Å². The number of amides is 4. The van der Waals surface area contributed by atoms with Crippen molar-refractivity contribution in [1.82, 2.24) is 87.7 Å². The Morgan fingerprint density at radius 3 is 1.27 bits per heavy atom. The van der Waals surface area contributed by atoms with Gasteiger partial charge in [-0.3, -0.25) is 28.6 Å². The Labute approximate surface area is 828 Å². The molecule has 41 heteroatoms. The van der Waals surface area contributed by atoms with E-state index >= 15 is 0 Å². The zero-order valence-electron chi connectivity index (χ0n) is 79.5. The third-order valence-electron chi connectivity index (χ3n) is 27.3.